The molecule has 0 unspecified atom stereocenters. The summed E-state index contributed by atoms with van der Waals surface area (Å²) in [5.74, 6) is 2.37. The van der Waals surface area contributed by atoms with Gasteiger partial charge in [-0.1, -0.05) is 6.07 Å². The minimum Gasteiger partial charge on any atom is -0.484 e. The van der Waals surface area contributed by atoms with Gasteiger partial charge in [0, 0.05) is 0 Å². The highest BCUT2D eigenvalue weighted by atomic mass is 16.5. The van der Waals surface area contributed by atoms with Gasteiger partial charge in [0.25, 0.3) is 0 Å². The summed E-state index contributed by atoms with van der Waals surface area (Å²) in [6, 6.07) is 6.68. The lowest BCUT2D eigenvalue weighted by Crippen LogP contribution is -2.54. The number of ether oxygens (including phenoxy) is 3. The van der Waals surface area contributed by atoms with E-state index < -0.39 is 0 Å². The fourth-order valence-electron chi connectivity index (χ4n) is 5.71. The van der Waals surface area contributed by atoms with Crippen LogP contribution in [-0.4, -0.2) is 111 Å². The first-order chi connectivity index (χ1) is 17.7. The number of nitrogens with zero attached hydrogens (tertiary/aromatic N) is 3. The van der Waals surface area contributed by atoms with E-state index in [0.717, 1.165) is 103 Å². The Morgan fingerprint density at radius 2 is 0.919 bits per heavy atom. The van der Waals surface area contributed by atoms with Crippen molar-refractivity contribution in [3.63, 3.8) is 0 Å². The van der Waals surface area contributed by atoms with E-state index in [1.54, 1.807) is 0 Å². The number of rotatable bonds is 21. The molecule has 0 saturated heterocycles. The molecule has 0 bridgehead atoms. The maximum absolute atomic E-state index is 6.50. The quantitative estimate of drug-likeness (QED) is 0.189. The van der Waals surface area contributed by atoms with Crippen LogP contribution in [0.1, 0.15) is 69.2 Å². The van der Waals surface area contributed by atoms with Crippen LogP contribution in [0.5, 0.6) is 17.2 Å². The molecule has 0 saturated carbocycles. The highest BCUT2D eigenvalue weighted by molar-refractivity contribution is 5.51. The molecule has 0 aromatic heterocycles. The molecule has 0 heterocycles. The summed E-state index contributed by atoms with van der Waals surface area (Å²) in [4.78, 5) is 0. The third-order valence-electron chi connectivity index (χ3n) is 9.75. The van der Waals surface area contributed by atoms with Crippen molar-refractivity contribution in [1.29, 1.82) is 0 Å². The Morgan fingerprint density at radius 1 is 0.541 bits per heavy atom. The van der Waals surface area contributed by atoms with Crippen LogP contribution in [0.3, 0.4) is 0 Å². The molecule has 0 radical (unpaired) electrons. The third kappa shape index (κ3) is 9.04. The minimum absolute atomic E-state index is 0.570. The molecule has 0 aliphatic heterocycles. The lowest BCUT2D eigenvalue weighted by Gasteiger charge is -2.40. The molecule has 6 heteroatoms. The molecule has 0 fully saturated rings. The van der Waals surface area contributed by atoms with Crippen LogP contribution in [0.25, 0.3) is 0 Å². The summed E-state index contributed by atoms with van der Waals surface area (Å²) in [6.07, 6.45) is 0. The fourth-order valence-corrected chi connectivity index (χ4v) is 5.71. The van der Waals surface area contributed by atoms with Gasteiger partial charge in [-0.3, -0.25) is 0 Å². The minimum atomic E-state index is 0.570. The average molecular weight is 525 g/mol. The van der Waals surface area contributed by atoms with Gasteiger partial charge in [-0.25, -0.2) is 0 Å². The zero-order valence-electron chi connectivity index (χ0n) is 26.3. The average Bonchev–Trinajstić information content (AvgIpc) is 2.93. The van der Waals surface area contributed by atoms with E-state index in [1.807, 2.05) is 18.2 Å². The molecule has 0 aliphatic carbocycles. The van der Waals surface area contributed by atoms with Crippen molar-refractivity contribution in [2.75, 3.05) is 91.8 Å². The number of hydrogen-bond acceptors (Lipinski definition) is 3. The van der Waals surface area contributed by atoms with Gasteiger partial charge in [-0.2, -0.15) is 0 Å². The topological polar surface area (TPSA) is 27.7 Å². The van der Waals surface area contributed by atoms with Gasteiger partial charge >= 0.3 is 0 Å². The summed E-state index contributed by atoms with van der Waals surface area (Å²) < 4.78 is 22.5. The third-order valence-corrected chi connectivity index (χ3v) is 9.75. The summed E-state index contributed by atoms with van der Waals surface area (Å²) in [7, 11) is 0. The van der Waals surface area contributed by atoms with Crippen molar-refractivity contribution in [2.45, 2.75) is 75.3 Å². The zero-order chi connectivity index (χ0) is 28.0. The number of para-hydroxylation sites is 1. The van der Waals surface area contributed by atoms with E-state index >= 15 is 0 Å². The second-order valence-electron chi connectivity index (χ2n) is 10.8. The SMILES string of the molecule is CC[N+](CC)(CC)CCOc1cccc(OCC[N+](CC)(CC)C(C)C)c1OCC[N+](CC)(CC)CC. The molecule has 0 amide bonds. The number of hydrogen-bond donors (Lipinski definition) is 0. The van der Waals surface area contributed by atoms with Crippen molar-refractivity contribution in [1.82, 2.24) is 0 Å². The second kappa shape index (κ2) is 16.5. The summed E-state index contributed by atoms with van der Waals surface area (Å²) in [5, 5.41) is 0. The number of likely N-dealkylation sites (N-methyl/N-ethyl adjacent to an activating group) is 3. The first-order valence-electron chi connectivity index (χ1n) is 15.3. The van der Waals surface area contributed by atoms with Crippen molar-refractivity contribution in [3.8, 4) is 17.2 Å². The molecule has 6 nitrogen and oxygen atoms in total. The molecule has 1 aromatic rings. The number of benzene rings is 1. The Morgan fingerprint density at radius 3 is 1.27 bits per heavy atom. The molecule has 37 heavy (non-hydrogen) atoms. The molecule has 1 rings (SSSR count). The van der Waals surface area contributed by atoms with Crippen LogP contribution in [0.4, 0.5) is 0 Å². The maximum atomic E-state index is 6.50. The monoisotopic (exact) mass is 524 g/mol. The lowest BCUT2D eigenvalue weighted by atomic mass is 10.2. The van der Waals surface area contributed by atoms with Gasteiger partial charge in [-0.15, -0.1) is 0 Å². The highest BCUT2D eigenvalue weighted by Crippen LogP contribution is 2.37. The maximum Gasteiger partial charge on any atom is 0.203 e. The molecular formula is C31H62N3O3+3. The molecule has 0 spiro atoms. The first-order valence-corrected chi connectivity index (χ1v) is 15.3. The Balaban J connectivity index is 3.11. The van der Waals surface area contributed by atoms with Crippen molar-refractivity contribution in [3.05, 3.63) is 18.2 Å². The van der Waals surface area contributed by atoms with Gasteiger partial charge in [0.05, 0.1) is 58.4 Å². The normalized spacial score (nSPS) is 12.7. The van der Waals surface area contributed by atoms with Gasteiger partial charge in [-0.05, 0) is 81.4 Å². The molecule has 0 N–H and O–H groups in total. The fraction of sp³-hybridized carbons (Fsp3) is 0.806. The molecule has 0 aliphatic rings. The van der Waals surface area contributed by atoms with Crippen molar-refractivity contribution < 1.29 is 27.7 Å². The standard InChI is InChI=1S/C31H62N3O3/c1-11-32(12-2,13-3)22-25-35-29-20-19-21-30(36-27-24-34(17-7,18-8)28(9)10)31(29)37-26-23-33(14-4,15-5)16-6/h19-21,28H,11-18,22-27H2,1-10H3/q+3. The predicted molar refractivity (Wildman–Crippen MR) is 158 cm³/mol. The van der Waals surface area contributed by atoms with E-state index in [0.29, 0.717) is 25.9 Å². The largest absolute Gasteiger partial charge is 0.484 e. The summed E-state index contributed by atoms with van der Waals surface area (Å²) in [5.41, 5.74) is 0. The molecule has 0 atom stereocenters. The van der Waals surface area contributed by atoms with Crippen LogP contribution in [0.2, 0.25) is 0 Å². The Hall–Kier alpha value is -1.50. The number of quaternary nitrogens is 3. The Bertz CT molecular complexity index is 725. The van der Waals surface area contributed by atoms with Crippen LogP contribution in [0.15, 0.2) is 18.2 Å². The van der Waals surface area contributed by atoms with Crippen molar-refractivity contribution in [2.24, 2.45) is 0 Å². The molecule has 216 valence electrons. The van der Waals surface area contributed by atoms with Crippen LogP contribution in [0, 0.1) is 0 Å². The van der Waals surface area contributed by atoms with Crippen LogP contribution in [-0.2, 0) is 0 Å². The first kappa shape index (κ1) is 33.5. The Labute approximate surface area is 230 Å². The van der Waals surface area contributed by atoms with Crippen LogP contribution < -0.4 is 14.2 Å². The molecule has 1 aromatic carbocycles. The van der Waals surface area contributed by atoms with Crippen LogP contribution >= 0.6 is 0 Å². The van der Waals surface area contributed by atoms with E-state index in [4.69, 9.17) is 14.2 Å². The lowest BCUT2D eigenvalue weighted by molar-refractivity contribution is -0.944. The van der Waals surface area contributed by atoms with E-state index in [9.17, 15) is 0 Å². The summed E-state index contributed by atoms with van der Waals surface area (Å²) >= 11 is 0. The summed E-state index contributed by atoms with van der Waals surface area (Å²) in [6.45, 7) is 36.8. The van der Waals surface area contributed by atoms with E-state index in [-0.39, 0.29) is 0 Å². The van der Waals surface area contributed by atoms with E-state index in [1.165, 1.54) is 0 Å². The smallest absolute Gasteiger partial charge is 0.203 e. The van der Waals surface area contributed by atoms with E-state index in [2.05, 4.69) is 69.2 Å². The van der Waals surface area contributed by atoms with Gasteiger partial charge in [0.15, 0.2) is 11.5 Å². The van der Waals surface area contributed by atoms with Gasteiger partial charge < -0.3 is 27.7 Å². The van der Waals surface area contributed by atoms with Gasteiger partial charge in [0.2, 0.25) is 5.75 Å². The van der Waals surface area contributed by atoms with Gasteiger partial charge in [0.1, 0.15) is 39.5 Å². The highest BCUT2D eigenvalue weighted by Gasteiger charge is 2.28. The second-order valence-corrected chi connectivity index (χ2v) is 10.8. The Kier molecular flexibility index (Phi) is 14.9. The zero-order valence-corrected chi connectivity index (χ0v) is 26.3. The molecular weight excluding hydrogens is 462 g/mol. The van der Waals surface area contributed by atoms with Crippen molar-refractivity contribution >= 4 is 0 Å². The predicted octanol–water partition coefficient (Wildman–Crippen LogP) is 5.84.